The number of hydrogen-bond donors (Lipinski definition) is 1. The van der Waals surface area contributed by atoms with Gasteiger partial charge in [0.25, 0.3) is 0 Å². The molecule has 0 heterocycles. The van der Waals surface area contributed by atoms with Gasteiger partial charge in [0.15, 0.2) is 0 Å². The van der Waals surface area contributed by atoms with E-state index in [1.807, 2.05) is 13.0 Å². The second kappa shape index (κ2) is 6.33. The lowest BCUT2D eigenvalue weighted by Crippen LogP contribution is -2.21. The van der Waals surface area contributed by atoms with Crippen molar-refractivity contribution in [1.82, 2.24) is 0 Å². The molecule has 16 heavy (non-hydrogen) atoms. The lowest BCUT2D eigenvalue weighted by Gasteiger charge is -2.20. The van der Waals surface area contributed by atoms with Crippen molar-refractivity contribution in [1.29, 1.82) is 0 Å². The van der Waals surface area contributed by atoms with Crippen LogP contribution < -0.4 is 10.6 Å². The van der Waals surface area contributed by atoms with E-state index in [0.29, 0.717) is 0 Å². The molecule has 1 rings (SSSR count). The van der Waals surface area contributed by atoms with Crippen LogP contribution in [-0.2, 0) is 0 Å². The Bertz CT molecular complexity index is 321. The maximum absolute atomic E-state index is 5.67. The van der Waals surface area contributed by atoms with E-state index >= 15 is 0 Å². The molecule has 0 radical (unpaired) electrons. The third-order valence-electron chi connectivity index (χ3n) is 2.61. The van der Waals surface area contributed by atoms with E-state index in [1.54, 1.807) is 0 Å². The van der Waals surface area contributed by atoms with Gasteiger partial charge in [-0.1, -0.05) is 24.3 Å². The molecule has 0 fully saturated rings. The van der Waals surface area contributed by atoms with Crippen LogP contribution in [0, 0.1) is 0 Å². The molecule has 0 aliphatic rings. The van der Waals surface area contributed by atoms with Crippen molar-refractivity contribution in [2.24, 2.45) is 5.73 Å². The SMILES string of the molecule is CCN(CC)c1ccc(/C=C/C(C)N)cc1. The number of nitrogens with two attached hydrogens (primary N) is 1. The predicted octanol–water partition coefficient (Wildman–Crippen LogP) is 2.89. The minimum atomic E-state index is 0.113. The first-order valence-corrected chi connectivity index (χ1v) is 5.96. The molecule has 0 aromatic heterocycles. The van der Waals surface area contributed by atoms with Crippen LogP contribution in [0.1, 0.15) is 26.3 Å². The summed E-state index contributed by atoms with van der Waals surface area (Å²) in [4.78, 5) is 2.33. The summed E-state index contributed by atoms with van der Waals surface area (Å²) in [7, 11) is 0. The van der Waals surface area contributed by atoms with Crippen LogP contribution in [0.3, 0.4) is 0 Å². The van der Waals surface area contributed by atoms with Crippen molar-refractivity contribution >= 4 is 11.8 Å². The third-order valence-corrected chi connectivity index (χ3v) is 2.61. The van der Waals surface area contributed by atoms with Crippen LogP contribution in [0.2, 0.25) is 0 Å². The van der Waals surface area contributed by atoms with Crippen LogP contribution in [0.4, 0.5) is 5.69 Å². The highest BCUT2D eigenvalue weighted by molar-refractivity contribution is 5.56. The topological polar surface area (TPSA) is 29.3 Å². The average Bonchev–Trinajstić information content (AvgIpc) is 2.29. The summed E-state index contributed by atoms with van der Waals surface area (Å²) in [5, 5.41) is 0. The second-order valence-corrected chi connectivity index (χ2v) is 3.98. The Kier molecular flexibility index (Phi) is 5.06. The molecule has 2 heteroatoms. The molecule has 0 aliphatic heterocycles. The normalized spacial score (nSPS) is 13.0. The largest absolute Gasteiger partial charge is 0.372 e. The van der Waals surface area contributed by atoms with E-state index in [4.69, 9.17) is 5.73 Å². The maximum atomic E-state index is 5.67. The fourth-order valence-corrected chi connectivity index (χ4v) is 1.65. The molecule has 1 aromatic rings. The van der Waals surface area contributed by atoms with Crippen molar-refractivity contribution in [2.45, 2.75) is 26.8 Å². The van der Waals surface area contributed by atoms with Crippen LogP contribution >= 0.6 is 0 Å². The molecule has 2 nitrogen and oxygen atoms in total. The van der Waals surface area contributed by atoms with E-state index in [-0.39, 0.29) is 6.04 Å². The Hall–Kier alpha value is -1.28. The average molecular weight is 218 g/mol. The van der Waals surface area contributed by atoms with Gasteiger partial charge in [0, 0.05) is 24.8 Å². The Morgan fingerprint density at radius 1 is 1.19 bits per heavy atom. The Labute approximate surface area is 98.8 Å². The fraction of sp³-hybridized carbons (Fsp3) is 0.429. The number of anilines is 1. The number of rotatable bonds is 5. The van der Waals surface area contributed by atoms with Crippen LogP contribution in [0.25, 0.3) is 6.08 Å². The maximum Gasteiger partial charge on any atom is 0.0366 e. The van der Waals surface area contributed by atoms with Crippen molar-refractivity contribution in [3.8, 4) is 0 Å². The zero-order chi connectivity index (χ0) is 12.0. The van der Waals surface area contributed by atoms with Gasteiger partial charge in [0.2, 0.25) is 0 Å². The van der Waals surface area contributed by atoms with Crippen molar-refractivity contribution in [3.05, 3.63) is 35.9 Å². The molecule has 0 bridgehead atoms. The zero-order valence-electron chi connectivity index (χ0n) is 10.5. The van der Waals surface area contributed by atoms with Gasteiger partial charge in [-0.05, 0) is 38.5 Å². The first kappa shape index (κ1) is 12.8. The Morgan fingerprint density at radius 3 is 2.19 bits per heavy atom. The van der Waals surface area contributed by atoms with Gasteiger partial charge in [-0.2, -0.15) is 0 Å². The Balaban J connectivity index is 2.74. The van der Waals surface area contributed by atoms with Crippen molar-refractivity contribution in [2.75, 3.05) is 18.0 Å². The summed E-state index contributed by atoms with van der Waals surface area (Å²) in [5.41, 5.74) is 8.15. The molecule has 0 spiro atoms. The van der Waals surface area contributed by atoms with Gasteiger partial charge < -0.3 is 10.6 Å². The standard InChI is InChI=1S/C14H22N2/c1-4-16(5-2)14-10-8-13(9-11-14)7-6-12(3)15/h6-12H,4-5,15H2,1-3H3/b7-6+. The lowest BCUT2D eigenvalue weighted by atomic mass is 10.1. The van der Waals surface area contributed by atoms with Crippen LogP contribution in [-0.4, -0.2) is 19.1 Å². The minimum Gasteiger partial charge on any atom is -0.372 e. The highest BCUT2D eigenvalue weighted by Crippen LogP contribution is 2.15. The molecule has 0 saturated heterocycles. The molecule has 88 valence electrons. The van der Waals surface area contributed by atoms with E-state index in [9.17, 15) is 0 Å². The number of benzene rings is 1. The third kappa shape index (κ3) is 3.70. The smallest absolute Gasteiger partial charge is 0.0366 e. The highest BCUT2D eigenvalue weighted by Gasteiger charge is 1.99. The Morgan fingerprint density at radius 2 is 1.75 bits per heavy atom. The quantitative estimate of drug-likeness (QED) is 0.823. The fourth-order valence-electron chi connectivity index (χ4n) is 1.65. The zero-order valence-corrected chi connectivity index (χ0v) is 10.5. The monoisotopic (exact) mass is 218 g/mol. The number of nitrogens with zero attached hydrogens (tertiary/aromatic N) is 1. The highest BCUT2D eigenvalue weighted by atomic mass is 15.1. The molecule has 1 aromatic carbocycles. The summed E-state index contributed by atoms with van der Waals surface area (Å²) in [6.07, 6.45) is 4.07. The molecule has 1 atom stereocenters. The van der Waals surface area contributed by atoms with Gasteiger partial charge >= 0.3 is 0 Å². The summed E-state index contributed by atoms with van der Waals surface area (Å²) >= 11 is 0. The van der Waals surface area contributed by atoms with Crippen molar-refractivity contribution < 1.29 is 0 Å². The van der Waals surface area contributed by atoms with E-state index in [1.165, 1.54) is 11.3 Å². The molecule has 2 N–H and O–H groups in total. The molecule has 0 saturated carbocycles. The molecule has 0 amide bonds. The summed E-state index contributed by atoms with van der Waals surface area (Å²) < 4.78 is 0. The second-order valence-electron chi connectivity index (χ2n) is 3.98. The molecule has 1 unspecified atom stereocenters. The lowest BCUT2D eigenvalue weighted by molar-refractivity contribution is 0.866. The van der Waals surface area contributed by atoms with E-state index < -0.39 is 0 Å². The molecular weight excluding hydrogens is 196 g/mol. The van der Waals surface area contributed by atoms with Crippen molar-refractivity contribution in [3.63, 3.8) is 0 Å². The van der Waals surface area contributed by atoms with Crippen LogP contribution in [0.15, 0.2) is 30.3 Å². The number of hydrogen-bond acceptors (Lipinski definition) is 2. The van der Waals surface area contributed by atoms with Gasteiger partial charge in [0.05, 0.1) is 0 Å². The van der Waals surface area contributed by atoms with Gasteiger partial charge in [0.1, 0.15) is 0 Å². The first-order valence-electron chi connectivity index (χ1n) is 5.96. The van der Waals surface area contributed by atoms with Gasteiger partial charge in [-0.15, -0.1) is 0 Å². The van der Waals surface area contributed by atoms with Crippen LogP contribution in [0.5, 0.6) is 0 Å². The summed E-state index contributed by atoms with van der Waals surface area (Å²) in [6, 6.07) is 8.70. The molecule has 0 aliphatic carbocycles. The summed E-state index contributed by atoms with van der Waals surface area (Å²) in [6.45, 7) is 8.42. The van der Waals surface area contributed by atoms with Gasteiger partial charge in [-0.3, -0.25) is 0 Å². The first-order chi connectivity index (χ1) is 7.67. The molecular formula is C14H22N2. The van der Waals surface area contributed by atoms with E-state index in [2.05, 4.69) is 49.1 Å². The summed E-state index contributed by atoms with van der Waals surface area (Å²) in [5.74, 6) is 0. The minimum absolute atomic E-state index is 0.113. The predicted molar refractivity (Wildman–Crippen MR) is 72.7 cm³/mol. The van der Waals surface area contributed by atoms with E-state index in [0.717, 1.165) is 13.1 Å². The van der Waals surface area contributed by atoms with Gasteiger partial charge in [-0.25, -0.2) is 0 Å².